The van der Waals surface area contributed by atoms with Crippen LogP contribution in [0.5, 0.6) is 0 Å². The lowest BCUT2D eigenvalue weighted by Crippen LogP contribution is -1.83. The van der Waals surface area contributed by atoms with E-state index in [1.807, 2.05) is 12.1 Å². The molecule has 0 heterocycles. The summed E-state index contributed by atoms with van der Waals surface area (Å²) in [4.78, 5) is 2.72. The number of nitrogens with zero attached hydrogens (tertiary/aromatic N) is 4. The van der Waals surface area contributed by atoms with E-state index in [1.54, 1.807) is 12.1 Å². The first-order valence-corrected chi connectivity index (χ1v) is 3.88. The van der Waals surface area contributed by atoms with Gasteiger partial charge in [0.2, 0.25) is 0 Å². The zero-order valence-corrected chi connectivity index (χ0v) is 7.01. The normalized spacial score (nSPS) is 8.54. The van der Waals surface area contributed by atoms with Crippen LogP contribution in [0.4, 0.5) is 5.69 Å². The highest BCUT2D eigenvalue weighted by Gasteiger charge is 1.97. The minimum absolute atomic E-state index is 0.442. The molecule has 0 aliphatic heterocycles. The molecule has 0 radical (unpaired) electrons. The van der Waals surface area contributed by atoms with Crippen LogP contribution in [0, 0.1) is 11.3 Å². The topological polar surface area (TPSA) is 72.5 Å². The smallest absolute Gasteiger partial charge is 0.0625 e. The van der Waals surface area contributed by atoms with E-state index in [9.17, 15) is 0 Å². The third-order valence-electron chi connectivity index (χ3n) is 1.65. The molecule has 0 atom stereocenters. The summed E-state index contributed by atoms with van der Waals surface area (Å²) in [5.41, 5.74) is 9.79. The van der Waals surface area contributed by atoms with Crippen LogP contribution in [0.15, 0.2) is 29.4 Å². The van der Waals surface area contributed by atoms with E-state index in [0.717, 1.165) is 5.56 Å². The van der Waals surface area contributed by atoms with Gasteiger partial charge in [0.1, 0.15) is 0 Å². The fourth-order valence-corrected chi connectivity index (χ4v) is 1.06. The third-order valence-corrected chi connectivity index (χ3v) is 1.65. The summed E-state index contributed by atoms with van der Waals surface area (Å²) in [5.74, 6) is 0. The van der Waals surface area contributed by atoms with E-state index in [-0.39, 0.29) is 0 Å². The summed E-state index contributed by atoms with van der Waals surface area (Å²) >= 11 is 0. The van der Waals surface area contributed by atoms with Crippen LogP contribution in [0.2, 0.25) is 0 Å². The molecule has 0 bridgehead atoms. The molecule has 1 rings (SSSR count). The number of rotatable bonds is 3. The Balaban J connectivity index is 2.92. The molecule has 4 nitrogen and oxygen atoms in total. The van der Waals surface area contributed by atoms with Crippen LogP contribution in [-0.4, -0.2) is 0 Å². The lowest BCUT2D eigenvalue weighted by atomic mass is 10.1. The van der Waals surface area contributed by atoms with Gasteiger partial charge in [-0.3, -0.25) is 0 Å². The number of benzene rings is 1. The van der Waals surface area contributed by atoms with Crippen molar-refractivity contribution in [2.75, 3.05) is 0 Å². The maximum Gasteiger partial charge on any atom is 0.0625 e. The van der Waals surface area contributed by atoms with Crippen LogP contribution >= 0.6 is 0 Å². The molecule has 0 amide bonds. The Hall–Kier alpha value is -1.98. The van der Waals surface area contributed by atoms with E-state index in [2.05, 4.69) is 16.1 Å². The Kier molecular flexibility index (Phi) is 3.37. The van der Waals surface area contributed by atoms with Crippen molar-refractivity contribution in [1.29, 1.82) is 5.26 Å². The van der Waals surface area contributed by atoms with Crippen molar-refractivity contribution in [1.82, 2.24) is 0 Å². The Labute approximate surface area is 76.1 Å². The van der Waals surface area contributed by atoms with Crippen molar-refractivity contribution in [2.45, 2.75) is 12.8 Å². The lowest BCUT2D eigenvalue weighted by molar-refractivity contribution is 1.01. The highest BCUT2D eigenvalue weighted by atomic mass is 15.1. The molecule has 0 N–H and O–H groups in total. The van der Waals surface area contributed by atoms with Crippen LogP contribution in [0.1, 0.15) is 12.0 Å². The largest absolute Gasteiger partial charge is 0.198 e. The van der Waals surface area contributed by atoms with Gasteiger partial charge in [0, 0.05) is 17.0 Å². The summed E-state index contributed by atoms with van der Waals surface area (Å²) in [5, 5.41) is 11.9. The summed E-state index contributed by atoms with van der Waals surface area (Å²) in [7, 11) is 0. The summed E-state index contributed by atoms with van der Waals surface area (Å²) in [6.07, 6.45) is 1.07. The lowest BCUT2D eigenvalue weighted by Gasteiger charge is -2.00. The van der Waals surface area contributed by atoms with Gasteiger partial charge in [-0.05, 0) is 17.5 Å². The summed E-state index contributed by atoms with van der Waals surface area (Å²) < 4.78 is 0. The molecule has 13 heavy (non-hydrogen) atoms. The standard InChI is InChI=1S/C9H8N4/c10-7-3-5-8-4-1-2-6-9(8)12-13-11/h1-2,4,6H,3,5H2. The minimum atomic E-state index is 0.442. The predicted molar refractivity (Wildman–Crippen MR) is 49.2 cm³/mol. The SMILES string of the molecule is N#CCCc1ccccc1N=[N+]=[N-]. The van der Waals surface area contributed by atoms with Crippen molar-refractivity contribution in [3.8, 4) is 6.07 Å². The second-order valence-electron chi connectivity index (χ2n) is 2.48. The van der Waals surface area contributed by atoms with Crippen molar-refractivity contribution in [2.24, 2.45) is 5.11 Å². The minimum Gasteiger partial charge on any atom is -0.198 e. The van der Waals surface area contributed by atoms with Gasteiger partial charge in [0.05, 0.1) is 6.07 Å². The molecule has 0 saturated heterocycles. The zero-order valence-electron chi connectivity index (χ0n) is 7.01. The van der Waals surface area contributed by atoms with E-state index >= 15 is 0 Å². The van der Waals surface area contributed by atoms with Crippen LogP contribution < -0.4 is 0 Å². The molecule has 0 aliphatic rings. The Morgan fingerprint density at radius 2 is 2.23 bits per heavy atom. The third kappa shape index (κ3) is 2.51. The van der Waals surface area contributed by atoms with Gasteiger partial charge in [-0.1, -0.05) is 29.4 Å². The van der Waals surface area contributed by atoms with E-state index < -0.39 is 0 Å². The van der Waals surface area contributed by atoms with Crippen LogP contribution in [0.25, 0.3) is 10.4 Å². The first-order valence-electron chi connectivity index (χ1n) is 3.88. The van der Waals surface area contributed by atoms with Gasteiger partial charge in [-0.2, -0.15) is 5.26 Å². The van der Waals surface area contributed by atoms with Gasteiger partial charge < -0.3 is 0 Å². The maximum absolute atomic E-state index is 8.39. The highest BCUT2D eigenvalue weighted by molar-refractivity contribution is 5.45. The van der Waals surface area contributed by atoms with Gasteiger partial charge in [-0.15, -0.1) is 0 Å². The highest BCUT2D eigenvalue weighted by Crippen LogP contribution is 2.19. The number of aryl methyl sites for hydroxylation is 1. The number of hydrogen-bond acceptors (Lipinski definition) is 2. The van der Waals surface area contributed by atoms with Gasteiger partial charge in [0.15, 0.2) is 0 Å². The quantitative estimate of drug-likeness (QED) is 0.392. The monoisotopic (exact) mass is 172 g/mol. The van der Waals surface area contributed by atoms with Crippen LogP contribution in [0.3, 0.4) is 0 Å². The predicted octanol–water partition coefficient (Wildman–Crippen LogP) is 3.08. The molecule has 0 unspecified atom stereocenters. The van der Waals surface area contributed by atoms with Crippen molar-refractivity contribution in [3.05, 3.63) is 40.3 Å². The Bertz CT molecular complexity index is 371. The second-order valence-corrected chi connectivity index (χ2v) is 2.48. The first kappa shape index (κ1) is 9.11. The van der Waals surface area contributed by atoms with Crippen molar-refractivity contribution in [3.63, 3.8) is 0 Å². The van der Waals surface area contributed by atoms with E-state index in [4.69, 9.17) is 10.8 Å². The second kappa shape index (κ2) is 4.81. The van der Waals surface area contributed by atoms with E-state index in [1.165, 1.54) is 0 Å². The molecule has 0 aromatic heterocycles. The molecular formula is C9H8N4. The molecule has 0 fully saturated rings. The van der Waals surface area contributed by atoms with Crippen molar-refractivity contribution >= 4 is 5.69 Å². The van der Waals surface area contributed by atoms with Gasteiger partial charge >= 0.3 is 0 Å². The average molecular weight is 172 g/mol. The molecule has 1 aromatic carbocycles. The number of azide groups is 1. The Morgan fingerprint density at radius 3 is 2.92 bits per heavy atom. The Morgan fingerprint density at radius 1 is 1.46 bits per heavy atom. The number of nitriles is 1. The fraction of sp³-hybridized carbons (Fsp3) is 0.222. The molecule has 64 valence electrons. The van der Waals surface area contributed by atoms with Crippen LogP contribution in [-0.2, 0) is 6.42 Å². The first-order chi connectivity index (χ1) is 6.38. The average Bonchev–Trinajstić information content (AvgIpc) is 2.17. The molecule has 1 aromatic rings. The fourth-order valence-electron chi connectivity index (χ4n) is 1.06. The van der Waals surface area contributed by atoms with Gasteiger partial charge in [0.25, 0.3) is 0 Å². The zero-order chi connectivity index (χ0) is 9.52. The molecule has 0 saturated carbocycles. The molecule has 0 spiro atoms. The molecule has 4 heteroatoms. The molecular weight excluding hydrogens is 164 g/mol. The van der Waals surface area contributed by atoms with E-state index in [0.29, 0.717) is 18.5 Å². The number of hydrogen-bond donors (Lipinski definition) is 0. The van der Waals surface area contributed by atoms with Gasteiger partial charge in [-0.25, -0.2) is 0 Å². The molecule has 0 aliphatic carbocycles. The maximum atomic E-state index is 8.39. The summed E-state index contributed by atoms with van der Waals surface area (Å²) in [6.45, 7) is 0. The van der Waals surface area contributed by atoms with Crippen molar-refractivity contribution < 1.29 is 0 Å². The summed E-state index contributed by atoms with van der Waals surface area (Å²) in [6, 6.07) is 9.33.